The Kier molecular flexibility index (Phi) is 9.48. The summed E-state index contributed by atoms with van der Waals surface area (Å²) in [6.07, 6.45) is 5.28. The zero-order chi connectivity index (χ0) is 22.3. The minimum absolute atomic E-state index is 0. The van der Waals surface area contributed by atoms with Crippen LogP contribution in [-0.4, -0.2) is 64.8 Å². The number of carbonyl (C=O) groups is 1. The van der Waals surface area contributed by atoms with Crippen LogP contribution in [0, 0.1) is 0 Å². The number of hydrogen-bond donors (Lipinski definition) is 2. The fourth-order valence-electron chi connectivity index (χ4n) is 4.29. The number of aliphatic imine (C=N–C) groups is 1. The molecule has 33 heavy (non-hydrogen) atoms. The van der Waals surface area contributed by atoms with Gasteiger partial charge < -0.3 is 20.3 Å². The predicted molar refractivity (Wildman–Crippen MR) is 138 cm³/mol. The molecule has 1 saturated heterocycles. The first-order valence-electron chi connectivity index (χ1n) is 11.4. The lowest BCUT2D eigenvalue weighted by Gasteiger charge is -2.26. The van der Waals surface area contributed by atoms with E-state index in [0.29, 0.717) is 13.2 Å². The van der Waals surface area contributed by atoms with Gasteiger partial charge in [0.25, 0.3) is 5.91 Å². The van der Waals surface area contributed by atoms with Gasteiger partial charge in [0.15, 0.2) is 11.8 Å². The van der Waals surface area contributed by atoms with Gasteiger partial charge in [-0.05, 0) is 43.4 Å². The largest absolute Gasteiger partial charge is 0.377 e. The van der Waals surface area contributed by atoms with Crippen molar-refractivity contribution >= 4 is 35.8 Å². The Morgan fingerprint density at radius 3 is 2.67 bits per heavy atom. The van der Waals surface area contributed by atoms with Gasteiger partial charge >= 0.3 is 0 Å². The van der Waals surface area contributed by atoms with Crippen molar-refractivity contribution in [2.45, 2.75) is 57.8 Å². The van der Waals surface area contributed by atoms with E-state index in [-0.39, 0.29) is 35.9 Å². The quantitative estimate of drug-likeness (QED) is 0.316. The zero-order valence-electron chi connectivity index (χ0n) is 19.4. The van der Waals surface area contributed by atoms with Crippen molar-refractivity contribution in [2.75, 3.05) is 27.2 Å². The van der Waals surface area contributed by atoms with Crippen molar-refractivity contribution < 1.29 is 9.53 Å². The van der Waals surface area contributed by atoms with E-state index in [9.17, 15) is 4.79 Å². The monoisotopic (exact) mass is 567 g/mol. The maximum Gasteiger partial charge on any atom is 0.253 e. The number of aryl methyl sites for hydroxylation is 1. The first-order valence-corrected chi connectivity index (χ1v) is 11.4. The van der Waals surface area contributed by atoms with Gasteiger partial charge in [-0.3, -0.25) is 9.79 Å². The van der Waals surface area contributed by atoms with Gasteiger partial charge in [0, 0.05) is 51.8 Å². The van der Waals surface area contributed by atoms with Gasteiger partial charge in [-0.25, -0.2) is 9.67 Å². The molecule has 1 aromatic heterocycles. The molecular formula is C23H34IN7O2. The van der Waals surface area contributed by atoms with Crippen molar-refractivity contribution in [3.8, 4) is 0 Å². The lowest BCUT2D eigenvalue weighted by molar-refractivity contribution is 0.0724. The molecule has 10 heteroatoms. The zero-order valence-corrected chi connectivity index (χ0v) is 21.7. The molecule has 2 aliphatic heterocycles. The number of aromatic nitrogens is 3. The van der Waals surface area contributed by atoms with E-state index < -0.39 is 0 Å². The average molecular weight is 567 g/mol. The molecule has 2 aromatic rings. The summed E-state index contributed by atoms with van der Waals surface area (Å²) in [7, 11) is 3.43. The molecule has 1 fully saturated rings. The molecule has 1 unspecified atom stereocenters. The van der Waals surface area contributed by atoms with Gasteiger partial charge in [0.2, 0.25) is 0 Å². The molecule has 9 nitrogen and oxygen atoms in total. The Balaban J connectivity index is 0.00000306. The maximum atomic E-state index is 12.6. The number of nitrogens with one attached hydrogen (secondary N) is 2. The normalized spacial score (nSPS) is 18.3. The highest BCUT2D eigenvalue weighted by Gasteiger charge is 2.22. The smallest absolute Gasteiger partial charge is 0.253 e. The van der Waals surface area contributed by atoms with Crippen LogP contribution >= 0.6 is 24.0 Å². The number of methoxy groups -OCH3 is 1. The van der Waals surface area contributed by atoms with Gasteiger partial charge in [0.05, 0.1) is 6.54 Å². The van der Waals surface area contributed by atoms with Crippen LogP contribution in [0.2, 0.25) is 0 Å². The van der Waals surface area contributed by atoms with Gasteiger partial charge in [-0.2, -0.15) is 5.10 Å². The van der Waals surface area contributed by atoms with Gasteiger partial charge in [-0.1, -0.05) is 12.1 Å². The lowest BCUT2D eigenvalue weighted by atomic mass is 10.1. The van der Waals surface area contributed by atoms with Crippen LogP contribution in [0.1, 0.15) is 53.3 Å². The van der Waals surface area contributed by atoms with Crippen molar-refractivity contribution in [1.29, 1.82) is 0 Å². The van der Waals surface area contributed by atoms with Crippen LogP contribution in [0.5, 0.6) is 0 Å². The summed E-state index contributed by atoms with van der Waals surface area (Å²) in [5, 5.41) is 11.4. The number of benzene rings is 1. The highest BCUT2D eigenvalue weighted by atomic mass is 127. The number of fused-ring (bicyclic) bond motifs is 1. The van der Waals surface area contributed by atoms with Gasteiger partial charge in [0.1, 0.15) is 12.4 Å². The number of hydrogen-bond acceptors (Lipinski definition) is 5. The molecule has 180 valence electrons. The molecule has 1 aromatic carbocycles. The fourth-order valence-corrected chi connectivity index (χ4v) is 4.29. The summed E-state index contributed by atoms with van der Waals surface area (Å²) in [5.74, 6) is 2.63. The predicted octanol–water partition coefficient (Wildman–Crippen LogP) is 2.35. The molecule has 3 heterocycles. The lowest BCUT2D eigenvalue weighted by Crippen LogP contribution is -2.46. The van der Waals surface area contributed by atoms with E-state index in [2.05, 4.69) is 25.7 Å². The molecule has 2 aliphatic rings. The van der Waals surface area contributed by atoms with E-state index >= 15 is 0 Å². The third-order valence-corrected chi connectivity index (χ3v) is 6.04. The van der Waals surface area contributed by atoms with Crippen LogP contribution in [0.25, 0.3) is 0 Å². The molecular weight excluding hydrogens is 533 g/mol. The molecule has 1 atom stereocenters. The van der Waals surface area contributed by atoms with Crippen molar-refractivity contribution in [3.63, 3.8) is 0 Å². The Morgan fingerprint density at radius 2 is 1.97 bits per heavy atom. The van der Waals surface area contributed by atoms with E-state index in [0.717, 1.165) is 74.1 Å². The Morgan fingerprint density at radius 1 is 1.21 bits per heavy atom. The van der Waals surface area contributed by atoms with E-state index in [4.69, 9.17) is 4.74 Å². The van der Waals surface area contributed by atoms with Crippen molar-refractivity contribution in [1.82, 2.24) is 30.3 Å². The number of rotatable bonds is 6. The Labute approximate surface area is 212 Å². The van der Waals surface area contributed by atoms with Crippen LogP contribution in [0.15, 0.2) is 29.3 Å². The molecule has 0 radical (unpaired) electrons. The molecule has 2 N–H and O–H groups in total. The van der Waals surface area contributed by atoms with Gasteiger partial charge in [-0.15, -0.1) is 24.0 Å². The summed E-state index contributed by atoms with van der Waals surface area (Å²) in [5.41, 5.74) is 1.87. The maximum absolute atomic E-state index is 12.6. The van der Waals surface area contributed by atoms with Crippen LogP contribution in [-0.2, 0) is 30.9 Å². The Hall–Kier alpha value is -2.21. The average Bonchev–Trinajstić information content (AvgIpc) is 3.24. The number of carbonyl (C=O) groups excluding carboxylic acids is 1. The molecule has 0 saturated carbocycles. The fraction of sp³-hybridized carbons (Fsp3) is 0.565. The Bertz CT molecular complexity index is 939. The third kappa shape index (κ3) is 6.66. The topological polar surface area (TPSA) is 96.7 Å². The highest BCUT2D eigenvalue weighted by Crippen LogP contribution is 2.15. The van der Waals surface area contributed by atoms with E-state index in [1.54, 1.807) is 14.2 Å². The molecule has 0 bridgehead atoms. The number of likely N-dealkylation sites (tertiary alicyclic amines) is 1. The second-order valence-corrected chi connectivity index (χ2v) is 8.41. The van der Waals surface area contributed by atoms with Crippen LogP contribution in [0.4, 0.5) is 0 Å². The number of amides is 1. The third-order valence-electron chi connectivity index (χ3n) is 6.04. The number of guanidine groups is 1. The van der Waals surface area contributed by atoms with Crippen molar-refractivity contribution in [2.24, 2.45) is 4.99 Å². The van der Waals surface area contributed by atoms with E-state index in [1.807, 2.05) is 33.8 Å². The highest BCUT2D eigenvalue weighted by molar-refractivity contribution is 14.0. The summed E-state index contributed by atoms with van der Waals surface area (Å²) in [6.45, 7) is 3.56. The molecule has 0 spiro atoms. The summed E-state index contributed by atoms with van der Waals surface area (Å²) >= 11 is 0. The minimum atomic E-state index is 0. The minimum Gasteiger partial charge on any atom is -0.377 e. The number of ether oxygens (including phenoxy) is 1. The SMILES string of the molecule is CN=C(NCc1ccc(C(=O)N2CCCCC2)cc1)NC1CCc2nc(COC)nn2C1.I. The van der Waals surface area contributed by atoms with Crippen molar-refractivity contribution in [3.05, 3.63) is 47.0 Å². The van der Waals surface area contributed by atoms with E-state index in [1.165, 1.54) is 6.42 Å². The number of nitrogens with zero attached hydrogens (tertiary/aromatic N) is 5. The summed E-state index contributed by atoms with van der Waals surface area (Å²) in [4.78, 5) is 23.5. The summed E-state index contributed by atoms with van der Waals surface area (Å²) < 4.78 is 7.09. The van der Waals surface area contributed by atoms with Crippen LogP contribution in [0.3, 0.4) is 0 Å². The standard InChI is InChI=1S/C23H33N7O2.HI/c1-24-23(26-19-10-11-21-27-20(16-32-2)28-30(21)15-19)25-14-17-6-8-18(9-7-17)22(31)29-12-4-3-5-13-29;/h6-9,19H,3-5,10-16H2,1-2H3,(H2,24,25,26);1H. The second-order valence-electron chi connectivity index (χ2n) is 8.41. The van der Waals surface area contributed by atoms with Crippen LogP contribution < -0.4 is 10.6 Å². The molecule has 1 amide bonds. The number of piperidine rings is 1. The summed E-state index contributed by atoms with van der Waals surface area (Å²) in [6, 6.07) is 8.11. The first kappa shape index (κ1) is 25.4. The number of halogens is 1. The second kappa shape index (κ2) is 12.3. The molecule has 0 aliphatic carbocycles. The molecule has 4 rings (SSSR count). The first-order chi connectivity index (χ1) is 15.7.